The van der Waals surface area contributed by atoms with Gasteiger partial charge in [-0.15, -0.1) is 0 Å². The Hall–Kier alpha value is -2.11. The molecule has 2 aliphatic rings. The van der Waals surface area contributed by atoms with Crippen LogP contribution in [0.3, 0.4) is 0 Å². The number of rotatable bonds is 4. The van der Waals surface area contributed by atoms with Crippen LogP contribution in [0.25, 0.3) is 10.8 Å². The Morgan fingerprint density at radius 1 is 1.08 bits per heavy atom. The molecule has 5 nitrogen and oxygen atoms in total. The van der Waals surface area contributed by atoms with Gasteiger partial charge < -0.3 is 15.0 Å². The van der Waals surface area contributed by atoms with Gasteiger partial charge in [0.2, 0.25) is 0 Å². The summed E-state index contributed by atoms with van der Waals surface area (Å²) in [6.45, 7) is 6.06. The van der Waals surface area contributed by atoms with E-state index < -0.39 is 0 Å². The molecule has 2 aromatic rings. The Bertz CT molecular complexity index is 743. The lowest BCUT2D eigenvalue weighted by Crippen LogP contribution is -2.49. The number of fused-ring (bicyclic) bond motifs is 1. The molecule has 0 spiro atoms. The maximum atomic E-state index is 12.5. The molecule has 2 saturated heterocycles. The van der Waals surface area contributed by atoms with Crippen molar-refractivity contribution in [1.29, 1.82) is 0 Å². The van der Waals surface area contributed by atoms with Crippen LogP contribution in [0, 0.1) is 0 Å². The molecule has 4 rings (SSSR count). The first-order valence-electron chi connectivity index (χ1n) is 9.14. The topological polar surface area (TPSA) is 44.8 Å². The SMILES string of the molecule is O=C(COc1ccc2ccccc2c1)N1CCC(N2CCNCC2)C1. The molecule has 0 aliphatic carbocycles. The minimum Gasteiger partial charge on any atom is -0.484 e. The average molecular weight is 339 g/mol. The second-order valence-electron chi connectivity index (χ2n) is 6.87. The fourth-order valence-corrected chi connectivity index (χ4v) is 3.81. The Labute approximate surface area is 148 Å². The summed E-state index contributed by atoms with van der Waals surface area (Å²) in [6.07, 6.45) is 1.07. The molecule has 2 aromatic carbocycles. The first-order chi connectivity index (χ1) is 12.3. The highest BCUT2D eigenvalue weighted by atomic mass is 16.5. The van der Waals surface area contributed by atoms with Gasteiger partial charge in [-0.2, -0.15) is 0 Å². The molecule has 0 saturated carbocycles. The van der Waals surface area contributed by atoms with Crippen LogP contribution < -0.4 is 10.1 Å². The van der Waals surface area contributed by atoms with Gasteiger partial charge >= 0.3 is 0 Å². The number of amides is 1. The molecule has 1 N–H and O–H groups in total. The quantitative estimate of drug-likeness (QED) is 0.921. The van der Waals surface area contributed by atoms with E-state index in [1.165, 1.54) is 5.39 Å². The average Bonchev–Trinajstić information content (AvgIpc) is 3.17. The molecule has 0 radical (unpaired) electrons. The molecule has 0 bridgehead atoms. The van der Waals surface area contributed by atoms with Crippen molar-refractivity contribution in [2.45, 2.75) is 12.5 Å². The van der Waals surface area contributed by atoms with Crippen LogP contribution in [-0.2, 0) is 4.79 Å². The molecular formula is C20H25N3O2. The number of carbonyl (C=O) groups is 1. The van der Waals surface area contributed by atoms with Gasteiger partial charge in [-0.3, -0.25) is 9.69 Å². The largest absolute Gasteiger partial charge is 0.484 e. The van der Waals surface area contributed by atoms with Crippen molar-refractivity contribution < 1.29 is 9.53 Å². The third-order valence-corrected chi connectivity index (χ3v) is 5.27. The molecule has 5 heteroatoms. The van der Waals surface area contributed by atoms with Gasteiger partial charge in [0.05, 0.1) is 0 Å². The maximum absolute atomic E-state index is 12.5. The number of benzene rings is 2. The van der Waals surface area contributed by atoms with Gasteiger partial charge in [-0.1, -0.05) is 30.3 Å². The summed E-state index contributed by atoms with van der Waals surface area (Å²) in [5.74, 6) is 0.843. The second-order valence-corrected chi connectivity index (χ2v) is 6.87. The highest BCUT2D eigenvalue weighted by molar-refractivity contribution is 5.84. The zero-order valence-corrected chi connectivity index (χ0v) is 14.5. The predicted octanol–water partition coefficient (Wildman–Crippen LogP) is 1.72. The molecule has 2 aliphatic heterocycles. The molecule has 132 valence electrons. The number of hydrogen-bond acceptors (Lipinski definition) is 4. The van der Waals surface area contributed by atoms with Gasteiger partial charge in [0, 0.05) is 45.3 Å². The predicted molar refractivity (Wildman–Crippen MR) is 98.9 cm³/mol. The zero-order valence-electron chi connectivity index (χ0n) is 14.5. The molecule has 25 heavy (non-hydrogen) atoms. The van der Waals surface area contributed by atoms with Crippen LogP contribution >= 0.6 is 0 Å². The fourth-order valence-electron chi connectivity index (χ4n) is 3.81. The highest BCUT2D eigenvalue weighted by Crippen LogP contribution is 2.21. The fraction of sp³-hybridized carbons (Fsp3) is 0.450. The van der Waals surface area contributed by atoms with Crippen molar-refractivity contribution in [2.24, 2.45) is 0 Å². The summed E-state index contributed by atoms with van der Waals surface area (Å²) in [5.41, 5.74) is 0. The first-order valence-corrected chi connectivity index (χ1v) is 9.14. The van der Waals surface area contributed by atoms with Crippen molar-refractivity contribution >= 4 is 16.7 Å². The third kappa shape index (κ3) is 3.78. The van der Waals surface area contributed by atoms with Crippen LogP contribution in [0.15, 0.2) is 42.5 Å². The molecule has 2 heterocycles. The lowest BCUT2D eigenvalue weighted by molar-refractivity contribution is -0.132. The number of hydrogen-bond donors (Lipinski definition) is 1. The van der Waals surface area contributed by atoms with Crippen LogP contribution in [-0.4, -0.2) is 67.6 Å². The van der Waals surface area contributed by atoms with Crippen molar-refractivity contribution in [3.63, 3.8) is 0 Å². The summed E-state index contributed by atoms with van der Waals surface area (Å²) in [6, 6.07) is 14.6. The molecule has 0 aromatic heterocycles. The van der Waals surface area contributed by atoms with E-state index >= 15 is 0 Å². The van der Waals surface area contributed by atoms with Gasteiger partial charge in [-0.25, -0.2) is 0 Å². The van der Waals surface area contributed by atoms with Gasteiger partial charge in [0.1, 0.15) is 5.75 Å². The summed E-state index contributed by atoms with van der Waals surface area (Å²) < 4.78 is 5.75. The Morgan fingerprint density at radius 3 is 2.72 bits per heavy atom. The normalized spacial score (nSPS) is 21.6. The van der Waals surface area contributed by atoms with Gasteiger partial charge in [0.15, 0.2) is 6.61 Å². The van der Waals surface area contributed by atoms with Crippen molar-refractivity contribution in [3.8, 4) is 5.75 Å². The number of piperazine rings is 1. The lowest BCUT2D eigenvalue weighted by Gasteiger charge is -2.32. The van der Waals surface area contributed by atoms with Crippen molar-refractivity contribution in [3.05, 3.63) is 42.5 Å². The van der Waals surface area contributed by atoms with Crippen LogP contribution in [0.2, 0.25) is 0 Å². The Kier molecular flexibility index (Phi) is 4.85. The van der Waals surface area contributed by atoms with Crippen LogP contribution in [0.5, 0.6) is 5.75 Å². The first kappa shape index (κ1) is 16.4. The Balaban J connectivity index is 1.31. The molecule has 2 fully saturated rings. The number of nitrogens with one attached hydrogen (secondary N) is 1. The van der Waals surface area contributed by atoms with Gasteiger partial charge in [0.25, 0.3) is 5.91 Å². The second kappa shape index (κ2) is 7.42. The van der Waals surface area contributed by atoms with Crippen LogP contribution in [0.4, 0.5) is 0 Å². The number of carbonyl (C=O) groups excluding carboxylic acids is 1. The minimum absolute atomic E-state index is 0.0887. The monoisotopic (exact) mass is 339 g/mol. The lowest BCUT2D eigenvalue weighted by atomic mass is 10.1. The molecule has 1 unspecified atom stereocenters. The number of likely N-dealkylation sites (tertiary alicyclic amines) is 1. The maximum Gasteiger partial charge on any atom is 0.260 e. The minimum atomic E-state index is 0.0887. The molecule has 1 atom stereocenters. The van der Waals surface area contributed by atoms with Gasteiger partial charge in [-0.05, 0) is 29.3 Å². The summed E-state index contributed by atoms with van der Waals surface area (Å²) in [7, 11) is 0. The number of nitrogens with zero attached hydrogens (tertiary/aromatic N) is 2. The smallest absolute Gasteiger partial charge is 0.260 e. The van der Waals surface area contributed by atoms with Crippen molar-refractivity contribution in [1.82, 2.24) is 15.1 Å². The summed E-state index contributed by atoms with van der Waals surface area (Å²) >= 11 is 0. The van der Waals surface area contributed by atoms with Crippen LogP contribution in [0.1, 0.15) is 6.42 Å². The molecule has 1 amide bonds. The van der Waals surface area contributed by atoms with E-state index in [1.54, 1.807) is 0 Å². The highest BCUT2D eigenvalue weighted by Gasteiger charge is 2.30. The van der Waals surface area contributed by atoms with E-state index in [0.29, 0.717) is 6.04 Å². The van der Waals surface area contributed by atoms with E-state index in [2.05, 4.69) is 22.3 Å². The standard InChI is InChI=1S/C20H25N3O2/c24-20(23-10-7-18(14-23)22-11-8-21-9-12-22)15-25-19-6-5-16-3-1-2-4-17(16)13-19/h1-6,13,18,21H,7-12,14-15H2. The third-order valence-electron chi connectivity index (χ3n) is 5.27. The summed E-state index contributed by atoms with van der Waals surface area (Å²) in [5, 5.41) is 5.69. The zero-order chi connectivity index (χ0) is 17.1. The van der Waals surface area contributed by atoms with E-state index in [1.807, 2.05) is 35.2 Å². The molecular weight excluding hydrogens is 314 g/mol. The van der Waals surface area contributed by atoms with E-state index in [0.717, 1.165) is 56.8 Å². The number of ether oxygens (including phenoxy) is 1. The van der Waals surface area contributed by atoms with Crippen molar-refractivity contribution in [2.75, 3.05) is 45.9 Å². The van der Waals surface area contributed by atoms with E-state index in [-0.39, 0.29) is 12.5 Å². The Morgan fingerprint density at radius 2 is 1.88 bits per heavy atom. The van der Waals surface area contributed by atoms with E-state index in [9.17, 15) is 4.79 Å². The summed E-state index contributed by atoms with van der Waals surface area (Å²) in [4.78, 5) is 16.9. The van der Waals surface area contributed by atoms with E-state index in [4.69, 9.17) is 4.74 Å².